The molecule has 0 saturated carbocycles. The maximum Gasteiger partial charge on any atom is 0.253 e. The third kappa shape index (κ3) is 3.83. The van der Waals surface area contributed by atoms with Gasteiger partial charge in [-0.05, 0) is 37.1 Å². The van der Waals surface area contributed by atoms with Gasteiger partial charge in [-0.3, -0.25) is 4.79 Å². The molecule has 2 aromatic rings. The second kappa shape index (κ2) is 7.15. The summed E-state index contributed by atoms with van der Waals surface area (Å²) in [7, 11) is -3.56. The number of carbonyl (C=O) groups is 1. The van der Waals surface area contributed by atoms with Crippen molar-refractivity contribution < 1.29 is 13.2 Å². The lowest BCUT2D eigenvalue weighted by Gasteiger charge is -2.33. The highest BCUT2D eigenvalue weighted by atomic mass is 32.2. The zero-order valence-corrected chi connectivity index (χ0v) is 14.1. The van der Waals surface area contributed by atoms with E-state index in [2.05, 4.69) is 4.72 Å². The van der Waals surface area contributed by atoms with Crippen molar-refractivity contribution in [1.29, 1.82) is 0 Å². The Morgan fingerprint density at radius 2 is 1.62 bits per heavy atom. The van der Waals surface area contributed by atoms with E-state index in [9.17, 15) is 13.2 Å². The molecule has 1 heterocycles. The van der Waals surface area contributed by atoms with Crippen molar-refractivity contribution in [1.82, 2.24) is 9.62 Å². The summed E-state index contributed by atoms with van der Waals surface area (Å²) < 4.78 is 27.6. The average Bonchev–Trinajstić information content (AvgIpc) is 2.62. The van der Waals surface area contributed by atoms with Crippen LogP contribution in [0.25, 0.3) is 0 Å². The van der Waals surface area contributed by atoms with Crippen LogP contribution in [0.1, 0.15) is 23.2 Å². The van der Waals surface area contributed by atoms with Crippen LogP contribution >= 0.6 is 0 Å². The molecule has 0 aromatic heterocycles. The van der Waals surface area contributed by atoms with Crippen molar-refractivity contribution in [2.75, 3.05) is 13.1 Å². The quantitative estimate of drug-likeness (QED) is 0.925. The molecule has 1 N–H and O–H groups in total. The highest BCUT2D eigenvalue weighted by molar-refractivity contribution is 7.89. The fourth-order valence-electron chi connectivity index (χ4n) is 2.91. The minimum absolute atomic E-state index is 0.0563. The number of benzene rings is 2. The minimum atomic E-state index is -3.56. The molecule has 126 valence electrons. The predicted octanol–water partition coefficient (Wildman–Crippen LogP) is 2.27. The smallest absolute Gasteiger partial charge is 0.253 e. The molecule has 6 heteroatoms. The van der Waals surface area contributed by atoms with Gasteiger partial charge in [-0.1, -0.05) is 36.4 Å². The molecule has 1 aliphatic heterocycles. The Labute approximate surface area is 142 Å². The first-order valence-electron chi connectivity index (χ1n) is 7.98. The zero-order valence-electron chi connectivity index (χ0n) is 13.3. The number of nitrogens with zero attached hydrogens (tertiary/aromatic N) is 1. The van der Waals surface area contributed by atoms with E-state index < -0.39 is 10.0 Å². The topological polar surface area (TPSA) is 66.5 Å². The lowest BCUT2D eigenvalue weighted by atomic mass is 10.1. The molecule has 1 aliphatic rings. The molecule has 0 aliphatic carbocycles. The van der Waals surface area contributed by atoms with Crippen molar-refractivity contribution in [2.45, 2.75) is 23.8 Å². The number of piperidine rings is 1. The van der Waals surface area contributed by atoms with Crippen LogP contribution in [-0.2, 0) is 10.0 Å². The second-order valence-electron chi connectivity index (χ2n) is 5.89. The van der Waals surface area contributed by atoms with Crippen LogP contribution < -0.4 is 4.72 Å². The molecule has 3 rings (SSSR count). The Morgan fingerprint density at radius 1 is 1.00 bits per heavy atom. The summed E-state index contributed by atoms with van der Waals surface area (Å²) in [6.07, 6.45) is 1.51. The van der Waals surface area contributed by atoms with Gasteiger partial charge in [0.2, 0.25) is 10.0 Å². The normalized spacial score (nSPS) is 18.3. The van der Waals surface area contributed by atoms with Gasteiger partial charge in [0.05, 0.1) is 4.90 Å². The predicted molar refractivity (Wildman–Crippen MR) is 92.1 cm³/mol. The van der Waals surface area contributed by atoms with Crippen LogP contribution in [0.2, 0.25) is 0 Å². The summed E-state index contributed by atoms with van der Waals surface area (Å²) in [6, 6.07) is 17.1. The number of rotatable bonds is 4. The SMILES string of the molecule is O=C(c1ccccc1)N1CCC[C@@H](NS(=O)(=O)c2ccccc2)C1. The number of hydrogen-bond acceptors (Lipinski definition) is 3. The largest absolute Gasteiger partial charge is 0.337 e. The Kier molecular flexibility index (Phi) is 4.97. The number of nitrogens with one attached hydrogen (secondary N) is 1. The fraction of sp³-hybridized carbons (Fsp3) is 0.278. The Bertz CT molecular complexity index is 792. The zero-order chi connectivity index (χ0) is 17.0. The Hall–Kier alpha value is -2.18. The first kappa shape index (κ1) is 16.7. The minimum Gasteiger partial charge on any atom is -0.337 e. The number of carbonyl (C=O) groups excluding carboxylic acids is 1. The maximum absolute atomic E-state index is 12.5. The van der Waals surface area contributed by atoms with Crippen LogP contribution in [0.4, 0.5) is 0 Å². The standard InChI is InChI=1S/C18H20N2O3S/c21-18(15-8-3-1-4-9-15)20-13-7-10-16(14-20)19-24(22,23)17-11-5-2-6-12-17/h1-6,8-9,11-12,16,19H,7,10,13-14H2/t16-/m1/s1. The summed E-state index contributed by atoms with van der Waals surface area (Å²) in [4.78, 5) is 14.5. The first-order valence-corrected chi connectivity index (χ1v) is 9.46. The molecule has 5 nitrogen and oxygen atoms in total. The van der Waals surface area contributed by atoms with Crippen LogP contribution in [0.5, 0.6) is 0 Å². The summed E-state index contributed by atoms with van der Waals surface area (Å²) in [5.74, 6) is -0.0563. The van der Waals surface area contributed by atoms with Crippen molar-refractivity contribution in [3.8, 4) is 0 Å². The van der Waals surface area contributed by atoms with Gasteiger partial charge in [0, 0.05) is 24.7 Å². The third-order valence-electron chi connectivity index (χ3n) is 4.10. The molecule has 0 bridgehead atoms. The van der Waals surface area contributed by atoms with E-state index in [0.717, 1.165) is 12.8 Å². The molecular weight excluding hydrogens is 324 g/mol. The fourth-order valence-corrected chi connectivity index (χ4v) is 4.19. The average molecular weight is 344 g/mol. The monoisotopic (exact) mass is 344 g/mol. The number of sulfonamides is 1. The van der Waals surface area contributed by atoms with E-state index >= 15 is 0 Å². The van der Waals surface area contributed by atoms with E-state index in [1.54, 1.807) is 47.4 Å². The van der Waals surface area contributed by atoms with Crippen molar-refractivity contribution in [3.05, 3.63) is 66.2 Å². The molecule has 1 fully saturated rings. The van der Waals surface area contributed by atoms with Crippen LogP contribution in [0, 0.1) is 0 Å². The molecule has 0 unspecified atom stereocenters. The van der Waals surface area contributed by atoms with E-state index in [1.165, 1.54) is 0 Å². The number of likely N-dealkylation sites (tertiary alicyclic amines) is 1. The summed E-state index contributed by atoms with van der Waals surface area (Å²) in [5.41, 5.74) is 0.629. The Balaban J connectivity index is 1.69. The van der Waals surface area contributed by atoms with Gasteiger partial charge >= 0.3 is 0 Å². The molecule has 1 saturated heterocycles. The van der Waals surface area contributed by atoms with Crippen LogP contribution in [0.3, 0.4) is 0 Å². The lowest BCUT2D eigenvalue weighted by molar-refractivity contribution is 0.0703. The van der Waals surface area contributed by atoms with Gasteiger partial charge in [-0.2, -0.15) is 0 Å². The van der Waals surface area contributed by atoms with Crippen LogP contribution in [-0.4, -0.2) is 38.4 Å². The molecule has 0 spiro atoms. The molecule has 2 aromatic carbocycles. The summed E-state index contributed by atoms with van der Waals surface area (Å²) in [5, 5.41) is 0. The van der Waals surface area contributed by atoms with E-state index in [1.807, 2.05) is 18.2 Å². The molecule has 24 heavy (non-hydrogen) atoms. The third-order valence-corrected chi connectivity index (χ3v) is 5.64. The van der Waals surface area contributed by atoms with Gasteiger partial charge < -0.3 is 4.90 Å². The summed E-state index contributed by atoms with van der Waals surface area (Å²) >= 11 is 0. The van der Waals surface area contributed by atoms with E-state index in [4.69, 9.17) is 0 Å². The van der Waals surface area contributed by atoms with Gasteiger partial charge in [0.15, 0.2) is 0 Å². The van der Waals surface area contributed by atoms with Gasteiger partial charge in [-0.15, -0.1) is 0 Å². The highest BCUT2D eigenvalue weighted by Crippen LogP contribution is 2.16. The second-order valence-corrected chi connectivity index (χ2v) is 7.60. The van der Waals surface area contributed by atoms with Crippen LogP contribution in [0.15, 0.2) is 65.6 Å². The van der Waals surface area contributed by atoms with E-state index in [0.29, 0.717) is 18.7 Å². The first-order chi connectivity index (χ1) is 11.6. The molecule has 1 amide bonds. The van der Waals surface area contributed by atoms with Gasteiger partial charge in [0.1, 0.15) is 0 Å². The number of hydrogen-bond donors (Lipinski definition) is 1. The lowest BCUT2D eigenvalue weighted by Crippen LogP contribution is -2.49. The Morgan fingerprint density at radius 3 is 2.29 bits per heavy atom. The van der Waals surface area contributed by atoms with Gasteiger partial charge in [-0.25, -0.2) is 13.1 Å². The highest BCUT2D eigenvalue weighted by Gasteiger charge is 2.27. The number of amides is 1. The molecule has 0 radical (unpaired) electrons. The summed E-state index contributed by atoms with van der Waals surface area (Å²) in [6.45, 7) is 1.04. The van der Waals surface area contributed by atoms with Crippen molar-refractivity contribution in [3.63, 3.8) is 0 Å². The van der Waals surface area contributed by atoms with Crippen molar-refractivity contribution in [2.24, 2.45) is 0 Å². The van der Waals surface area contributed by atoms with Gasteiger partial charge in [0.25, 0.3) is 5.91 Å². The van der Waals surface area contributed by atoms with E-state index in [-0.39, 0.29) is 16.8 Å². The molecular formula is C18H20N2O3S. The van der Waals surface area contributed by atoms with Crippen molar-refractivity contribution >= 4 is 15.9 Å². The maximum atomic E-state index is 12.5. The molecule has 1 atom stereocenters.